The molecule has 1 aromatic heterocycles. The molecule has 0 amide bonds. The fraction of sp³-hybridized carbons (Fsp3) is 0.375. The van der Waals surface area contributed by atoms with Gasteiger partial charge in [0.15, 0.2) is 0 Å². The maximum absolute atomic E-state index is 14.1. The van der Waals surface area contributed by atoms with Crippen molar-refractivity contribution in [3.63, 3.8) is 0 Å². The van der Waals surface area contributed by atoms with E-state index in [9.17, 15) is 13.9 Å². The Bertz CT molecular complexity index is 1160. The smallest absolute Gasteiger partial charge is 0.264 e. The maximum Gasteiger partial charge on any atom is 0.264 e. The summed E-state index contributed by atoms with van der Waals surface area (Å²) in [5.41, 5.74) is 6.01. The summed E-state index contributed by atoms with van der Waals surface area (Å²) < 4.78 is 29.8. The fourth-order valence-electron chi connectivity index (χ4n) is 4.90. The van der Waals surface area contributed by atoms with E-state index < -0.39 is 12.8 Å². The molecule has 0 radical (unpaired) electrons. The third kappa shape index (κ3) is 3.21. The number of aromatic nitrogens is 2. The summed E-state index contributed by atoms with van der Waals surface area (Å²) in [4.78, 5) is 5.88. The van der Waals surface area contributed by atoms with Crippen LogP contribution in [0.5, 0.6) is 0 Å². The molecule has 3 heterocycles. The van der Waals surface area contributed by atoms with Gasteiger partial charge in [0, 0.05) is 55.9 Å². The van der Waals surface area contributed by atoms with Crippen LogP contribution in [0.2, 0.25) is 0 Å². The van der Waals surface area contributed by atoms with Crippen LogP contribution in [0.15, 0.2) is 42.7 Å². The van der Waals surface area contributed by atoms with Crippen molar-refractivity contribution in [1.29, 1.82) is 0 Å². The molecule has 0 aliphatic carbocycles. The van der Waals surface area contributed by atoms with Crippen molar-refractivity contribution in [3.05, 3.63) is 53.9 Å². The molecule has 0 bridgehead atoms. The molecule has 168 valence electrons. The van der Waals surface area contributed by atoms with E-state index in [1.807, 2.05) is 48.0 Å². The Morgan fingerprint density at radius 2 is 1.94 bits per heavy atom. The van der Waals surface area contributed by atoms with Crippen LogP contribution in [0.4, 0.5) is 31.5 Å². The van der Waals surface area contributed by atoms with Crippen LogP contribution in [0.1, 0.15) is 30.9 Å². The number of rotatable bonds is 4. The van der Waals surface area contributed by atoms with Gasteiger partial charge in [0.05, 0.1) is 17.6 Å². The SMILES string of the molecule is CCN1c2ccc(N3CCCc4cc(-c5cnn(C)c5)c(C(F)F)cc43)cc2N(C)C1O. The van der Waals surface area contributed by atoms with Gasteiger partial charge in [-0.3, -0.25) is 4.68 Å². The Labute approximate surface area is 186 Å². The number of aliphatic hydroxyl groups is 1. The second kappa shape index (κ2) is 7.78. The van der Waals surface area contributed by atoms with Gasteiger partial charge < -0.3 is 19.8 Å². The van der Waals surface area contributed by atoms with Crippen LogP contribution in [-0.4, -0.2) is 41.4 Å². The van der Waals surface area contributed by atoms with E-state index >= 15 is 0 Å². The molecule has 0 spiro atoms. The first-order valence-corrected chi connectivity index (χ1v) is 10.9. The first kappa shape index (κ1) is 20.8. The fourth-order valence-corrected chi connectivity index (χ4v) is 4.90. The number of hydrogen-bond acceptors (Lipinski definition) is 5. The maximum atomic E-state index is 14.1. The van der Waals surface area contributed by atoms with Gasteiger partial charge in [-0.05, 0) is 61.2 Å². The molecule has 5 rings (SSSR count). The quantitative estimate of drug-likeness (QED) is 0.641. The molecule has 2 aliphatic rings. The minimum Gasteiger partial charge on any atom is -0.356 e. The summed E-state index contributed by atoms with van der Waals surface area (Å²) in [6.07, 6.45) is 1.90. The summed E-state index contributed by atoms with van der Waals surface area (Å²) in [7, 11) is 3.65. The molecule has 0 saturated heterocycles. The van der Waals surface area contributed by atoms with E-state index in [-0.39, 0.29) is 5.56 Å². The largest absolute Gasteiger partial charge is 0.356 e. The van der Waals surface area contributed by atoms with Crippen molar-refractivity contribution in [2.75, 3.05) is 34.8 Å². The zero-order valence-electron chi connectivity index (χ0n) is 18.5. The van der Waals surface area contributed by atoms with Crippen molar-refractivity contribution in [2.24, 2.45) is 7.05 Å². The Morgan fingerprint density at radius 3 is 2.62 bits per heavy atom. The third-order valence-corrected chi connectivity index (χ3v) is 6.55. The van der Waals surface area contributed by atoms with E-state index in [1.165, 1.54) is 0 Å². The second-order valence-corrected chi connectivity index (χ2v) is 8.44. The van der Waals surface area contributed by atoms with Gasteiger partial charge in [-0.25, -0.2) is 8.78 Å². The molecule has 6 nitrogen and oxygen atoms in total. The van der Waals surface area contributed by atoms with E-state index in [0.717, 1.165) is 47.7 Å². The van der Waals surface area contributed by atoms with Crippen LogP contribution in [0.25, 0.3) is 11.1 Å². The van der Waals surface area contributed by atoms with Crippen LogP contribution < -0.4 is 14.7 Å². The normalized spacial score (nSPS) is 17.8. The average Bonchev–Trinajstić information content (AvgIpc) is 3.33. The predicted molar refractivity (Wildman–Crippen MR) is 123 cm³/mol. The molecule has 2 aromatic carbocycles. The molecule has 0 saturated carbocycles. The van der Waals surface area contributed by atoms with Crippen molar-refractivity contribution in [3.8, 4) is 11.1 Å². The van der Waals surface area contributed by atoms with Gasteiger partial charge in [-0.2, -0.15) is 5.10 Å². The van der Waals surface area contributed by atoms with Crippen molar-refractivity contribution in [1.82, 2.24) is 9.78 Å². The molecule has 32 heavy (non-hydrogen) atoms. The van der Waals surface area contributed by atoms with Crippen LogP contribution in [-0.2, 0) is 13.5 Å². The van der Waals surface area contributed by atoms with E-state index in [0.29, 0.717) is 17.7 Å². The molecular formula is C24H27F2N5O. The number of aliphatic hydroxyl groups excluding tert-OH is 1. The summed E-state index contributed by atoms with van der Waals surface area (Å²) >= 11 is 0. The molecule has 1 atom stereocenters. The number of fused-ring (bicyclic) bond motifs is 2. The molecule has 0 fully saturated rings. The van der Waals surface area contributed by atoms with E-state index in [4.69, 9.17) is 0 Å². The van der Waals surface area contributed by atoms with Crippen LogP contribution in [0, 0.1) is 0 Å². The van der Waals surface area contributed by atoms with E-state index in [2.05, 4.69) is 10.00 Å². The highest BCUT2D eigenvalue weighted by Crippen LogP contribution is 2.45. The molecule has 2 aliphatic heterocycles. The first-order chi connectivity index (χ1) is 15.4. The number of halogens is 2. The van der Waals surface area contributed by atoms with Gasteiger partial charge in [-0.15, -0.1) is 0 Å². The molecular weight excluding hydrogens is 412 g/mol. The number of anilines is 4. The number of nitrogens with zero attached hydrogens (tertiary/aromatic N) is 5. The topological polar surface area (TPSA) is 47.8 Å². The zero-order chi connectivity index (χ0) is 22.6. The zero-order valence-corrected chi connectivity index (χ0v) is 18.5. The Balaban J connectivity index is 1.59. The standard InChI is InChI=1S/C24H27F2N5O/c1-4-30-20-8-7-17(11-22(20)29(3)24(30)32)31-9-5-6-15-10-18(16-13-27-28(2)14-16)19(23(25)26)12-21(15)31/h7-8,10-14,23-24,32H,4-6,9H2,1-3H3. The summed E-state index contributed by atoms with van der Waals surface area (Å²) in [5.74, 6) is 0. The number of aryl methyl sites for hydroxylation is 2. The van der Waals surface area contributed by atoms with Gasteiger partial charge >= 0.3 is 0 Å². The number of hydrogen-bond donors (Lipinski definition) is 1. The minimum absolute atomic E-state index is 0.0227. The van der Waals surface area contributed by atoms with Crippen LogP contribution >= 0.6 is 0 Å². The van der Waals surface area contributed by atoms with Gasteiger partial charge in [-0.1, -0.05) is 0 Å². The lowest BCUT2D eigenvalue weighted by Crippen LogP contribution is -2.40. The molecule has 1 unspecified atom stereocenters. The lowest BCUT2D eigenvalue weighted by atomic mass is 9.92. The second-order valence-electron chi connectivity index (χ2n) is 8.44. The van der Waals surface area contributed by atoms with Crippen molar-refractivity contribution >= 4 is 22.7 Å². The van der Waals surface area contributed by atoms with Gasteiger partial charge in [0.25, 0.3) is 6.43 Å². The van der Waals surface area contributed by atoms with Crippen molar-refractivity contribution < 1.29 is 13.9 Å². The summed E-state index contributed by atoms with van der Waals surface area (Å²) in [6, 6.07) is 9.61. The van der Waals surface area contributed by atoms with Gasteiger partial charge in [0.2, 0.25) is 6.35 Å². The molecule has 8 heteroatoms. The monoisotopic (exact) mass is 439 g/mol. The first-order valence-electron chi connectivity index (χ1n) is 10.9. The summed E-state index contributed by atoms with van der Waals surface area (Å²) in [6.45, 7) is 3.45. The minimum atomic E-state index is -2.58. The molecule has 1 N–H and O–H groups in total. The highest BCUT2D eigenvalue weighted by molar-refractivity contribution is 5.83. The van der Waals surface area contributed by atoms with Crippen molar-refractivity contribution in [2.45, 2.75) is 32.5 Å². The van der Waals surface area contributed by atoms with Gasteiger partial charge in [0.1, 0.15) is 0 Å². The Kier molecular flexibility index (Phi) is 5.04. The molecule has 3 aromatic rings. The highest BCUT2D eigenvalue weighted by atomic mass is 19.3. The predicted octanol–water partition coefficient (Wildman–Crippen LogP) is 4.66. The Morgan fingerprint density at radius 1 is 1.12 bits per heavy atom. The lowest BCUT2D eigenvalue weighted by Gasteiger charge is -2.33. The average molecular weight is 440 g/mol. The number of alkyl halides is 2. The summed E-state index contributed by atoms with van der Waals surface area (Å²) in [5, 5.41) is 14.7. The lowest BCUT2D eigenvalue weighted by molar-refractivity contribution is 0.152. The number of benzene rings is 2. The third-order valence-electron chi connectivity index (χ3n) is 6.55. The highest BCUT2D eigenvalue weighted by Gasteiger charge is 2.32. The van der Waals surface area contributed by atoms with E-state index in [1.54, 1.807) is 30.2 Å². The Hall–Kier alpha value is -3.13. The van der Waals surface area contributed by atoms with Crippen LogP contribution in [0.3, 0.4) is 0 Å².